The van der Waals surface area contributed by atoms with E-state index in [-0.39, 0.29) is 5.91 Å². The van der Waals surface area contributed by atoms with Gasteiger partial charge in [-0.1, -0.05) is 46.3 Å². The van der Waals surface area contributed by atoms with Crippen LogP contribution in [-0.4, -0.2) is 16.8 Å². The average molecular weight is 330 g/mol. The number of halogens is 1. The summed E-state index contributed by atoms with van der Waals surface area (Å²) in [6.45, 7) is 0.695. The minimum atomic E-state index is 0.129. The molecule has 0 aliphatic heterocycles. The standard InChI is InChI=1S/C17H16BrNO/c18-15-8-6-14(7-9-15)17(20)19(16-10-11-16)12-13-4-2-1-3-5-13/h1-9,16H,10-12H2. The van der Waals surface area contributed by atoms with Gasteiger partial charge in [-0.2, -0.15) is 0 Å². The fourth-order valence-corrected chi connectivity index (χ4v) is 2.56. The summed E-state index contributed by atoms with van der Waals surface area (Å²) in [4.78, 5) is 14.7. The molecule has 2 aromatic rings. The number of carbonyl (C=O) groups is 1. The molecule has 1 saturated carbocycles. The van der Waals surface area contributed by atoms with Crippen molar-refractivity contribution in [2.24, 2.45) is 0 Å². The summed E-state index contributed by atoms with van der Waals surface area (Å²) in [5.41, 5.74) is 1.95. The van der Waals surface area contributed by atoms with Crippen LogP contribution in [-0.2, 0) is 6.54 Å². The van der Waals surface area contributed by atoms with Crippen LogP contribution >= 0.6 is 15.9 Å². The van der Waals surface area contributed by atoms with Crippen LogP contribution in [0.1, 0.15) is 28.8 Å². The van der Waals surface area contributed by atoms with Crippen LogP contribution in [0, 0.1) is 0 Å². The Bertz CT molecular complexity index is 590. The van der Waals surface area contributed by atoms with Crippen LogP contribution in [0.4, 0.5) is 0 Å². The molecule has 0 radical (unpaired) electrons. The van der Waals surface area contributed by atoms with Crippen molar-refractivity contribution in [1.29, 1.82) is 0 Å². The maximum Gasteiger partial charge on any atom is 0.254 e. The molecule has 0 spiro atoms. The Morgan fingerprint density at radius 3 is 2.30 bits per heavy atom. The Kier molecular flexibility index (Phi) is 3.88. The van der Waals surface area contributed by atoms with Crippen molar-refractivity contribution in [3.05, 3.63) is 70.2 Å². The van der Waals surface area contributed by atoms with E-state index < -0.39 is 0 Å². The van der Waals surface area contributed by atoms with Crippen molar-refractivity contribution in [3.63, 3.8) is 0 Å². The highest BCUT2D eigenvalue weighted by Gasteiger charge is 2.32. The van der Waals surface area contributed by atoms with E-state index in [1.54, 1.807) is 0 Å². The van der Waals surface area contributed by atoms with E-state index in [0.29, 0.717) is 12.6 Å². The summed E-state index contributed by atoms with van der Waals surface area (Å²) in [7, 11) is 0. The van der Waals surface area contributed by atoms with Gasteiger partial charge in [0.25, 0.3) is 5.91 Å². The highest BCUT2D eigenvalue weighted by atomic mass is 79.9. The molecule has 0 bridgehead atoms. The molecule has 1 fully saturated rings. The van der Waals surface area contributed by atoms with Crippen LogP contribution < -0.4 is 0 Å². The Morgan fingerprint density at radius 2 is 1.70 bits per heavy atom. The van der Waals surface area contributed by atoms with Crippen molar-refractivity contribution in [1.82, 2.24) is 4.90 Å². The Labute approximate surface area is 127 Å². The van der Waals surface area contributed by atoms with Gasteiger partial charge in [-0.25, -0.2) is 0 Å². The third-order valence-corrected chi connectivity index (χ3v) is 4.06. The van der Waals surface area contributed by atoms with Crippen LogP contribution in [0.25, 0.3) is 0 Å². The Balaban J connectivity index is 1.80. The summed E-state index contributed by atoms with van der Waals surface area (Å²) in [5.74, 6) is 0.129. The zero-order valence-corrected chi connectivity index (χ0v) is 12.7. The molecule has 20 heavy (non-hydrogen) atoms. The van der Waals surface area contributed by atoms with E-state index in [4.69, 9.17) is 0 Å². The van der Waals surface area contributed by atoms with Crippen molar-refractivity contribution < 1.29 is 4.79 Å². The molecule has 1 amide bonds. The van der Waals surface area contributed by atoms with Gasteiger partial charge in [-0.05, 0) is 42.7 Å². The fourth-order valence-electron chi connectivity index (χ4n) is 2.29. The van der Waals surface area contributed by atoms with E-state index in [2.05, 4.69) is 28.1 Å². The van der Waals surface area contributed by atoms with Gasteiger partial charge in [0, 0.05) is 22.6 Å². The molecular formula is C17H16BrNO. The maximum absolute atomic E-state index is 12.7. The molecule has 3 rings (SSSR count). The van der Waals surface area contributed by atoms with Crippen LogP contribution in [0.5, 0.6) is 0 Å². The van der Waals surface area contributed by atoms with Gasteiger partial charge < -0.3 is 4.90 Å². The molecule has 0 N–H and O–H groups in total. The largest absolute Gasteiger partial charge is 0.331 e. The molecule has 2 aromatic carbocycles. The van der Waals surface area contributed by atoms with Crippen molar-refractivity contribution in [3.8, 4) is 0 Å². The lowest BCUT2D eigenvalue weighted by atomic mass is 10.1. The molecule has 1 aliphatic carbocycles. The number of hydrogen-bond acceptors (Lipinski definition) is 1. The highest BCUT2D eigenvalue weighted by Crippen LogP contribution is 2.30. The monoisotopic (exact) mass is 329 g/mol. The first kappa shape index (κ1) is 13.4. The number of amides is 1. The molecule has 0 unspecified atom stereocenters. The Morgan fingerprint density at radius 1 is 1.05 bits per heavy atom. The van der Waals surface area contributed by atoms with Gasteiger partial charge in [0.1, 0.15) is 0 Å². The zero-order chi connectivity index (χ0) is 13.9. The highest BCUT2D eigenvalue weighted by molar-refractivity contribution is 9.10. The lowest BCUT2D eigenvalue weighted by Gasteiger charge is -2.22. The van der Waals surface area contributed by atoms with Crippen molar-refractivity contribution >= 4 is 21.8 Å². The lowest BCUT2D eigenvalue weighted by molar-refractivity contribution is 0.0730. The third kappa shape index (κ3) is 3.10. The van der Waals surface area contributed by atoms with Crippen LogP contribution in [0.15, 0.2) is 59.1 Å². The molecule has 3 heteroatoms. The fraction of sp³-hybridized carbons (Fsp3) is 0.235. The molecule has 0 aromatic heterocycles. The SMILES string of the molecule is O=C(c1ccc(Br)cc1)N(Cc1ccccc1)C1CC1. The topological polar surface area (TPSA) is 20.3 Å². The number of carbonyl (C=O) groups excluding carboxylic acids is 1. The first-order valence-corrected chi connectivity index (χ1v) is 7.64. The maximum atomic E-state index is 12.7. The van der Waals surface area contributed by atoms with Crippen LogP contribution in [0.3, 0.4) is 0 Å². The number of rotatable bonds is 4. The predicted molar refractivity (Wildman–Crippen MR) is 83.5 cm³/mol. The van der Waals surface area contributed by atoms with Gasteiger partial charge in [0.15, 0.2) is 0 Å². The second-order valence-corrected chi connectivity index (χ2v) is 6.07. The van der Waals surface area contributed by atoms with E-state index in [1.807, 2.05) is 47.4 Å². The number of nitrogens with zero attached hydrogens (tertiary/aromatic N) is 1. The van der Waals surface area contributed by atoms with Gasteiger partial charge in [0.2, 0.25) is 0 Å². The minimum Gasteiger partial charge on any atom is -0.331 e. The normalized spacial score (nSPS) is 14.1. The molecule has 0 atom stereocenters. The number of hydrogen-bond donors (Lipinski definition) is 0. The summed E-state index contributed by atoms with van der Waals surface area (Å²) < 4.78 is 0.995. The lowest BCUT2D eigenvalue weighted by Crippen LogP contribution is -2.32. The molecular weight excluding hydrogens is 314 g/mol. The minimum absolute atomic E-state index is 0.129. The van der Waals surface area contributed by atoms with Gasteiger partial charge in [-0.15, -0.1) is 0 Å². The molecule has 1 aliphatic rings. The second-order valence-electron chi connectivity index (χ2n) is 5.16. The smallest absolute Gasteiger partial charge is 0.254 e. The summed E-state index contributed by atoms with van der Waals surface area (Å²) >= 11 is 3.40. The zero-order valence-electron chi connectivity index (χ0n) is 11.1. The second kappa shape index (κ2) is 5.80. The molecule has 2 nitrogen and oxygen atoms in total. The van der Waals surface area contributed by atoms with Crippen molar-refractivity contribution in [2.45, 2.75) is 25.4 Å². The quantitative estimate of drug-likeness (QED) is 0.820. The first-order chi connectivity index (χ1) is 9.74. The molecule has 102 valence electrons. The Hall–Kier alpha value is -1.61. The van der Waals surface area contributed by atoms with Gasteiger partial charge >= 0.3 is 0 Å². The summed E-state index contributed by atoms with van der Waals surface area (Å²) in [6.07, 6.45) is 2.24. The van der Waals surface area contributed by atoms with E-state index in [1.165, 1.54) is 5.56 Å². The predicted octanol–water partition coefficient (Wildman–Crippen LogP) is 4.25. The van der Waals surface area contributed by atoms with E-state index >= 15 is 0 Å². The van der Waals surface area contributed by atoms with E-state index in [9.17, 15) is 4.79 Å². The van der Waals surface area contributed by atoms with Gasteiger partial charge in [-0.3, -0.25) is 4.79 Å². The van der Waals surface area contributed by atoms with E-state index in [0.717, 1.165) is 22.9 Å². The van der Waals surface area contributed by atoms with Gasteiger partial charge in [0.05, 0.1) is 0 Å². The molecule has 0 heterocycles. The number of benzene rings is 2. The summed E-state index contributed by atoms with van der Waals surface area (Å²) in [5, 5.41) is 0. The van der Waals surface area contributed by atoms with Crippen LogP contribution in [0.2, 0.25) is 0 Å². The molecule has 0 saturated heterocycles. The third-order valence-electron chi connectivity index (χ3n) is 3.54. The summed E-state index contributed by atoms with van der Waals surface area (Å²) in [6, 6.07) is 18.2. The first-order valence-electron chi connectivity index (χ1n) is 6.84. The average Bonchev–Trinajstić information content (AvgIpc) is 3.30. The van der Waals surface area contributed by atoms with Crippen molar-refractivity contribution in [2.75, 3.05) is 0 Å².